The number of benzene rings is 1. The lowest BCUT2D eigenvalue weighted by Crippen LogP contribution is -2.42. The van der Waals surface area contributed by atoms with E-state index in [1.54, 1.807) is 6.33 Å². The lowest BCUT2D eigenvalue weighted by atomic mass is 10.0. The quantitative estimate of drug-likeness (QED) is 0.849. The minimum atomic E-state index is 0.166. The number of hydrogen-bond acceptors (Lipinski definition) is 5. The van der Waals surface area contributed by atoms with E-state index in [0.717, 1.165) is 61.9 Å². The topological polar surface area (TPSA) is 52.5 Å². The monoisotopic (exact) mass is 386 g/mol. The molecule has 0 radical (unpaired) electrons. The molecule has 2 aliphatic rings. The summed E-state index contributed by atoms with van der Waals surface area (Å²) in [5.74, 6) is 1.92. The minimum absolute atomic E-state index is 0.166. The molecule has 2 aromatic rings. The third-order valence-corrected chi connectivity index (χ3v) is 6.22. The van der Waals surface area contributed by atoms with E-state index in [4.69, 9.17) is 11.6 Å². The Morgan fingerprint density at radius 2 is 1.67 bits per heavy atom. The van der Waals surface area contributed by atoms with Crippen molar-refractivity contribution in [2.75, 3.05) is 29.5 Å². The highest BCUT2D eigenvalue weighted by Gasteiger charge is 2.28. The van der Waals surface area contributed by atoms with Crippen molar-refractivity contribution in [3.8, 4) is 0 Å². The van der Waals surface area contributed by atoms with E-state index in [1.165, 1.54) is 12.0 Å². The lowest BCUT2D eigenvalue weighted by Gasteiger charge is -2.36. The van der Waals surface area contributed by atoms with Crippen LogP contribution in [0.25, 0.3) is 0 Å². The molecule has 2 saturated heterocycles. The Hall–Kier alpha value is -1.85. The van der Waals surface area contributed by atoms with Gasteiger partial charge >= 0.3 is 0 Å². The maximum Gasteiger partial charge on any atom is 0.134 e. The third kappa shape index (κ3) is 4.04. The third-order valence-electron chi connectivity index (χ3n) is 5.86. The number of hydrogen-bond donors (Lipinski definition) is 1. The molecule has 3 heterocycles. The molecular weight excluding hydrogens is 360 g/mol. The summed E-state index contributed by atoms with van der Waals surface area (Å²) in [6.45, 7) is 2.14. The van der Waals surface area contributed by atoms with Gasteiger partial charge in [-0.15, -0.1) is 0 Å². The molecule has 0 bridgehead atoms. The van der Waals surface area contributed by atoms with Crippen LogP contribution in [0.3, 0.4) is 0 Å². The average molecular weight is 387 g/mol. The second kappa shape index (κ2) is 8.44. The number of nitrogens with zero attached hydrogens (tertiary/aromatic N) is 4. The molecule has 1 N–H and O–H groups in total. The summed E-state index contributed by atoms with van der Waals surface area (Å²) in [5, 5.41) is 10.6. The van der Waals surface area contributed by atoms with Crippen LogP contribution in [0.2, 0.25) is 5.02 Å². The Bertz CT molecular complexity index is 771. The predicted molar refractivity (Wildman–Crippen MR) is 110 cm³/mol. The number of aliphatic hydroxyl groups is 1. The fraction of sp³-hybridized carbons (Fsp3) is 0.524. The molecule has 5 nitrogen and oxygen atoms in total. The van der Waals surface area contributed by atoms with Crippen LogP contribution < -0.4 is 9.80 Å². The Kier molecular flexibility index (Phi) is 5.79. The number of anilines is 2. The summed E-state index contributed by atoms with van der Waals surface area (Å²) in [6.07, 6.45) is 8.25. The average Bonchev–Trinajstić information content (AvgIpc) is 3.18. The largest absolute Gasteiger partial charge is 0.394 e. The summed E-state index contributed by atoms with van der Waals surface area (Å²) in [6, 6.07) is 10.8. The molecule has 0 aliphatic carbocycles. The molecule has 6 heteroatoms. The van der Waals surface area contributed by atoms with E-state index in [-0.39, 0.29) is 12.6 Å². The number of piperidine rings is 1. The van der Waals surface area contributed by atoms with Crippen molar-refractivity contribution in [2.45, 2.75) is 50.6 Å². The van der Waals surface area contributed by atoms with Crippen LogP contribution in [0.15, 0.2) is 36.7 Å². The van der Waals surface area contributed by atoms with Crippen molar-refractivity contribution in [2.24, 2.45) is 0 Å². The van der Waals surface area contributed by atoms with Gasteiger partial charge in [-0.05, 0) is 50.2 Å². The maximum absolute atomic E-state index is 9.73. The van der Waals surface area contributed by atoms with Gasteiger partial charge in [0.1, 0.15) is 18.0 Å². The Morgan fingerprint density at radius 1 is 0.963 bits per heavy atom. The molecule has 1 aromatic carbocycles. The molecule has 144 valence electrons. The maximum atomic E-state index is 9.73. The highest BCUT2D eigenvalue weighted by atomic mass is 35.5. The van der Waals surface area contributed by atoms with Gasteiger partial charge in [0.2, 0.25) is 0 Å². The standard InChI is InChI=1S/C21H27ClN4O/c22-19-9-2-1-6-16(19)12-17-8-5-11-25(17)20-13-21(24-15-23-20)26-10-4-3-7-18(26)14-27/h1-2,6,9,13,15,17-18,27H,3-5,7-8,10-12,14H2. The number of aliphatic hydroxyl groups excluding tert-OH is 1. The molecule has 2 unspecified atom stereocenters. The van der Waals surface area contributed by atoms with Crippen LogP contribution in [0.1, 0.15) is 37.7 Å². The first-order valence-electron chi connectivity index (χ1n) is 9.96. The van der Waals surface area contributed by atoms with Crippen LogP contribution in [-0.4, -0.2) is 46.9 Å². The van der Waals surface area contributed by atoms with Crippen LogP contribution in [0.5, 0.6) is 0 Å². The zero-order valence-corrected chi connectivity index (χ0v) is 16.4. The first-order valence-corrected chi connectivity index (χ1v) is 10.3. The van der Waals surface area contributed by atoms with E-state index in [1.807, 2.05) is 12.1 Å². The van der Waals surface area contributed by atoms with E-state index in [0.29, 0.717) is 6.04 Å². The highest BCUT2D eigenvalue weighted by molar-refractivity contribution is 6.31. The Labute approximate surface area is 166 Å². The molecular formula is C21H27ClN4O. The molecule has 0 spiro atoms. The van der Waals surface area contributed by atoms with Gasteiger partial charge < -0.3 is 14.9 Å². The van der Waals surface area contributed by atoms with Crippen molar-refractivity contribution in [3.63, 3.8) is 0 Å². The second-order valence-electron chi connectivity index (χ2n) is 7.54. The smallest absolute Gasteiger partial charge is 0.134 e. The predicted octanol–water partition coefficient (Wildman–Crippen LogP) is 3.69. The highest BCUT2D eigenvalue weighted by Crippen LogP contribution is 2.31. The van der Waals surface area contributed by atoms with Crippen molar-refractivity contribution < 1.29 is 5.11 Å². The van der Waals surface area contributed by atoms with Crippen LogP contribution in [0.4, 0.5) is 11.6 Å². The van der Waals surface area contributed by atoms with Crippen molar-refractivity contribution in [3.05, 3.63) is 47.2 Å². The number of halogens is 1. The van der Waals surface area contributed by atoms with Crippen LogP contribution in [0, 0.1) is 0 Å². The fourth-order valence-electron chi connectivity index (χ4n) is 4.41. The molecule has 0 saturated carbocycles. The Balaban J connectivity index is 1.54. The fourth-order valence-corrected chi connectivity index (χ4v) is 4.62. The van der Waals surface area contributed by atoms with E-state index in [2.05, 4.69) is 38.0 Å². The van der Waals surface area contributed by atoms with Crippen LogP contribution >= 0.6 is 11.6 Å². The van der Waals surface area contributed by atoms with Gasteiger partial charge in [-0.2, -0.15) is 0 Å². The first-order chi connectivity index (χ1) is 13.3. The summed E-state index contributed by atoms with van der Waals surface area (Å²) < 4.78 is 0. The zero-order chi connectivity index (χ0) is 18.6. The summed E-state index contributed by atoms with van der Waals surface area (Å²) in [4.78, 5) is 13.7. The molecule has 1 aromatic heterocycles. The van der Waals surface area contributed by atoms with E-state index < -0.39 is 0 Å². The van der Waals surface area contributed by atoms with Crippen LogP contribution in [-0.2, 0) is 6.42 Å². The molecule has 0 amide bonds. The first kappa shape index (κ1) is 18.5. The summed E-state index contributed by atoms with van der Waals surface area (Å²) in [7, 11) is 0. The molecule has 2 aliphatic heterocycles. The van der Waals surface area contributed by atoms with Gasteiger partial charge in [-0.1, -0.05) is 29.8 Å². The van der Waals surface area contributed by atoms with Gasteiger partial charge in [0.25, 0.3) is 0 Å². The van der Waals surface area contributed by atoms with E-state index >= 15 is 0 Å². The number of aromatic nitrogens is 2. The van der Waals surface area contributed by atoms with Gasteiger partial charge in [0.15, 0.2) is 0 Å². The van der Waals surface area contributed by atoms with Crippen molar-refractivity contribution >= 4 is 23.2 Å². The lowest BCUT2D eigenvalue weighted by molar-refractivity contribution is 0.239. The molecule has 2 atom stereocenters. The summed E-state index contributed by atoms with van der Waals surface area (Å²) >= 11 is 6.38. The summed E-state index contributed by atoms with van der Waals surface area (Å²) in [5.41, 5.74) is 1.20. The normalized spacial score (nSPS) is 23.0. The minimum Gasteiger partial charge on any atom is -0.394 e. The van der Waals surface area contributed by atoms with Crippen molar-refractivity contribution in [1.29, 1.82) is 0 Å². The van der Waals surface area contributed by atoms with Gasteiger partial charge in [-0.3, -0.25) is 0 Å². The van der Waals surface area contributed by atoms with Crippen molar-refractivity contribution in [1.82, 2.24) is 9.97 Å². The number of rotatable bonds is 5. The molecule has 2 fully saturated rings. The molecule has 4 rings (SSSR count). The van der Waals surface area contributed by atoms with Gasteiger partial charge in [0.05, 0.1) is 12.6 Å². The SMILES string of the molecule is OCC1CCCCN1c1cc(N2CCCC2Cc2ccccc2Cl)ncn1. The Morgan fingerprint density at radius 3 is 2.44 bits per heavy atom. The molecule has 27 heavy (non-hydrogen) atoms. The van der Waals surface area contributed by atoms with Gasteiger partial charge in [-0.25, -0.2) is 9.97 Å². The van der Waals surface area contributed by atoms with Gasteiger partial charge in [0, 0.05) is 30.2 Å². The second-order valence-corrected chi connectivity index (χ2v) is 7.95. The van der Waals surface area contributed by atoms with E-state index in [9.17, 15) is 5.11 Å². The zero-order valence-electron chi connectivity index (χ0n) is 15.6.